The number of hydrogen-bond donors (Lipinski definition) is 0. The van der Waals surface area contributed by atoms with Crippen LogP contribution in [0.5, 0.6) is 0 Å². The molecule has 4 rings (SSSR count). The Morgan fingerprint density at radius 3 is 2.69 bits per heavy atom. The molecule has 0 saturated carbocycles. The van der Waals surface area contributed by atoms with Crippen molar-refractivity contribution in [3.05, 3.63) is 71.9 Å². The van der Waals surface area contributed by atoms with E-state index >= 15 is 0 Å². The van der Waals surface area contributed by atoms with Gasteiger partial charge in [-0.05, 0) is 41.8 Å². The van der Waals surface area contributed by atoms with Crippen molar-refractivity contribution in [2.45, 2.75) is 19.9 Å². The molecule has 3 aromatic rings. The summed E-state index contributed by atoms with van der Waals surface area (Å²) in [6.07, 6.45) is 2.71. The number of aromatic nitrogens is 1. The molecule has 0 bridgehead atoms. The first-order valence-electron chi connectivity index (χ1n) is 10.3. The maximum atomic E-state index is 11.8. The molecule has 5 nitrogen and oxygen atoms in total. The number of esters is 1. The van der Waals surface area contributed by atoms with E-state index in [9.17, 15) is 4.79 Å². The Kier molecular flexibility index (Phi) is 6.06. The number of hydrogen-bond acceptors (Lipinski definition) is 5. The van der Waals surface area contributed by atoms with Crippen LogP contribution in [0.4, 0.5) is 5.82 Å². The van der Waals surface area contributed by atoms with Crippen molar-refractivity contribution in [3.8, 4) is 0 Å². The largest absolute Gasteiger partial charge is 0.462 e. The van der Waals surface area contributed by atoms with E-state index in [1.807, 2.05) is 6.07 Å². The normalized spacial score (nSPS) is 15.3. The highest BCUT2D eigenvalue weighted by atomic mass is 16.5. The van der Waals surface area contributed by atoms with Gasteiger partial charge in [0.1, 0.15) is 5.82 Å². The van der Waals surface area contributed by atoms with Gasteiger partial charge in [0, 0.05) is 38.9 Å². The van der Waals surface area contributed by atoms with Crippen LogP contribution >= 0.6 is 0 Å². The van der Waals surface area contributed by atoms with Crippen molar-refractivity contribution < 1.29 is 9.53 Å². The highest BCUT2D eigenvalue weighted by Crippen LogP contribution is 2.21. The Labute approximate surface area is 171 Å². The van der Waals surface area contributed by atoms with Crippen molar-refractivity contribution in [2.75, 3.05) is 37.7 Å². The second kappa shape index (κ2) is 9.05. The summed E-state index contributed by atoms with van der Waals surface area (Å²) >= 11 is 0. The highest BCUT2D eigenvalue weighted by Gasteiger charge is 2.17. The monoisotopic (exact) mass is 389 g/mol. The minimum Gasteiger partial charge on any atom is -0.462 e. The van der Waals surface area contributed by atoms with Crippen molar-refractivity contribution in [1.82, 2.24) is 9.88 Å². The summed E-state index contributed by atoms with van der Waals surface area (Å²) in [5.74, 6) is 0.605. The van der Waals surface area contributed by atoms with Gasteiger partial charge in [0.25, 0.3) is 0 Å². The van der Waals surface area contributed by atoms with Gasteiger partial charge in [0.15, 0.2) is 0 Å². The smallest absolute Gasteiger partial charge is 0.339 e. The van der Waals surface area contributed by atoms with Gasteiger partial charge in [-0.2, -0.15) is 0 Å². The van der Waals surface area contributed by atoms with E-state index in [0.717, 1.165) is 45.0 Å². The van der Waals surface area contributed by atoms with Crippen molar-refractivity contribution in [2.24, 2.45) is 0 Å². The zero-order valence-corrected chi connectivity index (χ0v) is 16.9. The Balaban J connectivity index is 1.41. The van der Waals surface area contributed by atoms with Gasteiger partial charge in [-0.3, -0.25) is 4.90 Å². The molecule has 150 valence electrons. The van der Waals surface area contributed by atoms with Gasteiger partial charge in [-0.25, -0.2) is 9.78 Å². The average Bonchev–Trinajstić information content (AvgIpc) is 3.00. The summed E-state index contributed by atoms with van der Waals surface area (Å²) in [5.41, 5.74) is 1.89. The van der Waals surface area contributed by atoms with Crippen LogP contribution < -0.4 is 4.90 Å². The molecule has 0 radical (unpaired) electrons. The second-order valence-electron chi connectivity index (χ2n) is 7.38. The summed E-state index contributed by atoms with van der Waals surface area (Å²) < 4.78 is 5.04. The van der Waals surface area contributed by atoms with Gasteiger partial charge in [0.2, 0.25) is 0 Å². The molecule has 1 saturated heterocycles. The number of carbonyl (C=O) groups is 1. The lowest BCUT2D eigenvalue weighted by atomic mass is 10.0. The minimum absolute atomic E-state index is 0.316. The third kappa shape index (κ3) is 4.57. The lowest BCUT2D eigenvalue weighted by Crippen LogP contribution is -2.31. The number of nitrogens with zero attached hydrogens (tertiary/aromatic N) is 3. The molecule has 0 amide bonds. The molecule has 1 fully saturated rings. The minimum atomic E-state index is -0.316. The van der Waals surface area contributed by atoms with E-state index in [4.69, 9.17) is 4.74 Å². The van der Waals surface area contributed by atoms with Crippen molar-refractivity contribution in [1.29, 1.82) is 0 Å². The quantitative estimate of drug-likeness (QED) is 0.614. The predicted molar refractivity (Wildman–Crippen MR) is 116 cm³/mol. The Hall–Kier alpha value is -2.92. The van der Waals surface area contributed by atoms with Crippen LogP contribution in [0, 0.1) is 0 Å². The zero-order chi connectivity index (χ0) is 20.1. The number of fused-ring (bicyclic) bond motifs is 1. The van der Waals surface area contributed by atoms with E-state index in [1.165, 1.54) is 16.3 Å². The Bertz CT molecular complexity index is 966. The first-order valence-corrected chi connectivity index (χ1v) is 10.3. The maximum absolute atomic E-state index is 11.8. The first kappa shape index (κ1) is 19.4. The van der Waals surface area contributed by atoms with Gasteiger partial charge >= 0.3 is 5.97 Å². The van der Waals surface area contributed by atoms with Gasteiger partial charge in [-0.15, -0.1) is 0 Å². The molecule has 1 aliphatic heterocycles. The van der Waals surface area contributed by atoms with Gasteiger partial charge in [0.05, 0.1) is 12.2 Å². The van der Waals surface area contributed by atoms with Crippen LogP contribution in [0.15, 0.2) is 60.8 Å². The number of anilines is 1. The third-order valence-corrected chi connectivity index (χ3v) is 5.45. The van der Waals surface area contributed by atoms with E-state index in [1.54, 1.807) is 19.2 Å². The predicted octanol–water partition coefficient (Wildman–Crippen LogP) is 4.12. The molecular weight excluding hydrogens is 362 g/mol. The maximum Gasteiger partial charge on any atom is 0.339 e. The van der Waals surface area contributed by atoms with E-state index in [0.29, 0.717) is 12.2 Å². The fraction of sp³-hybridized carbons (Fsp3) is 0.333. The summed E-state index contributed by atoms with van der Waals surface area (Å²) in [6.45, 7) is 7.10. The number of pyridine rings is 1. The van der Waals surface area contributed by atoms with Crippen molar-refractivity contribution in [3.63, 3.8) is 0 Å². The molecule has 2 heterocycles. The SMILES string of the molecule is CCOC(=O)c1ccc(N2CCCN(Cc3cccc4ccccc34)CC2)nc1. The molecule has 0 spiro atoms. The number of rotatable bonds is 5. The third-order valence-electron chi connectivity index (χ3n) is 5.45. The summed E-state index contributed by atoms with van der Waals surface area (Å²) in [4.78, 5) is 21.1. The lowest BCUT2D eigenvalue weighted by molar-refractivity contribution is 0.0526. The van der Waals surface area contributed by atoms with Crippen LogP contribution in [0.3, 0.4) is 0 Å². The summed E-state index contributed by atoms with van der Waals surface area (Å²) in [6, 6.07) is 18.9. The van der Waals surface area contributed by atoms with Crippen LogP contribution in [0.2, 0.25) is 0 Å². The van der Waals surface area contributed by atoms with Crippen LogP contribution in [0.1, 0.15) is 29.3 Å². The molecule has 0 atom stereocenters. The van der Waals surface area contributed by atoms with Crippen LogP contribution in [-0.4, -0.2) is 48.6 Å². The molecule has 0 aliphatic carbocycles. The zero-order valence-electron chi connectivity index (χ0n) is 16.9. The fourth-order valence-electron chi connectivity index (χ4n) is 3.94. The van der Waals surface area contributed by atoms with Crippen molar-refractivity contribution >= 4 is 22.6 Å². The molecule has 0 N–H and O–H groups in total. The second-order valence-corrected chi connectivity index (χ2v) is 7.38. The molecular formula is C24H27N3O2. The van der Waals surface area contributed by atoms with Gasteiger partial charge < -0.3 is 9.64 Å². The number of benzene rings is 2. The Morgan fingerprint density at radius 2 is 1.86 bits per heavy atom. The first-order chi connectivity index (χ1) is 14.2. The summed E-state index contributed by atoms with van der Waals surface area (Å²) in [7, 11) is 0. The van der Waals surface area contributed by atoms with Crippen LogP contribution in [-0.2, 0) is 11.3 Å². The highest BCUT2D eigenvalue weighted by molar-refractivity contribution is 5.89. The molecule has 1 aliphatic rings. The van der Waals surface area contributed by atoms with Gasteiger partial charge in [-0.1, -0.05) is 42.5 Å². The Morgan fingerprint density at radius 1 is 1.00 bits per heavy atom. The van der Waals surface area contributed by atoms with E-state index in [2.05, 4.69) is 57.2 Å². The molecule has 5 heteroatoms. The van der Waals surface area contributed by atoms with E-state index < -0.39 is 0 Å². The van der Waals surface area contributed by atoms with E-state index in [-0.39, 0.29) is 5.97 Å². The average molecular weight is 389 g/mol. The molecule has 0 unspecified atom stereocenters. The van der Waals surface area contributed by atoms with Crippen LogP contribution in [0.25, 0.3) is 10.8 Å². The number of ether oxygens (including phenoxy) is 1. The summed E-state index contributed by atoms with van der Waals surface area (Å²) in [5, 5.41) is 2.64. The fourth-order valence-corrected chi connectivity index (χ4v) is 3.94. The molecule has 29 heavy (non-hydrogen) atoms. The molecule has 2 aromatic carbocycles. The number of carbonyl (C=O) groups excluding carboxylic acids is 1. The standard InChI is InChI=1S/C24H27N3O2/c1-2-29-24(28)20-11-12-23(25-17-20)27-14-6-13-26(15-16-27)18-21-9-5-8-19-7-3-4-10-22(19)21/h3-5,7-12,17H,2,6,13-16,18H2,1H3. The molecule has 1 aromatic heterocycles. The lowest BCUT2D eigenvalue weighted by Gasteiger charge is -2.23. The topological polar surface area (TPSA) is 45.7 Å².